The van der Waals surface area contributed by atoms with E-state index in [1.54, 1.807) is 19.2 Å². The summed E-state index contributed by atoms with van der Waals surface area (Å²) in [5.74, 6) is 0.257. The topological polar surface area (TPSA) is 85.6 Å². The summed E-state index contributed by atoms with van der Waals surface area (Å²) < 4.78 is 36.4. The van der Waals surface area contributed by atoms with Crippen molar-refractivity contribution in [2.75, 3.05) is 7.11 Å². The number of rotatable bonds is 7. The van der Waals surface area contributed by atoms with Gasteiger partial charge in [0.25, 0.3) is 5.91 Å². The molecule has 6 nitrogen and oxygen atoms in total. The highest BCUT2D eigenvalue weighted by molar-refractivity contribution is 9.10. The van der Waals surface area contributed by atoms with E-state index in [1.807, 2.05) is 31.2 Å². The van der Waals surface area contributed by atoms with E-state index in [0.717, 1.165) is 15.8 Å². The van der Waals surface area contributed by atoms with Gasteiger partial charge in [0.1, 0.15) is 17.3 Å². The number of carbonyl (C=O) groups excluding carboxylic acids is 1. The molecule has 29 heavy (non-hydrogen) atoms. The molecule has 1 N–H and O–H groups in total. The minimum Gasteiger partial charge on any atom is -0.497 e. The number of hydrogen-bond donors (Lipinski definition) is 1. The third kappa shape index (κ3) is 5.27. The minimum absolute atomic E-state index is 0.0615. The normalized spacial score (nSPS) is 12.4. The predicted molar refractivity (Wildman–Crippen MR) is 113 cm³/mol. The molecule has 1 aromatic heterocycles. The van der Waals surface area contributed by atoms with Gasteiger partial charge in [0, 0.05) is 4.47 Å². The molecule has 152 valence electrons. The lowest BCUT2D eigenvalue weighted by molar-refractivity contribution is 0.0910. The number of nitrogens with one attached hydrogen (secondary N) is 1. The predicted octanol–water partition coefficient (Wildman–Crippen LogP) is 4.52. The molecule has 8 heteroatoms. The molecule has 0 saturated heterocycles. The molecule has 0 aliphatic carbocycles. The summed E-state index contributed by atoms with van der Waals surface area (Å²) in [5.41, 5.74) is 0.906. The van der Waals surface area contributed by atoms with E-state index in [0.29, 0.717) is 0 Å². The molecule has 3 aromatic rings. The Bertz CT molecular complexity index is 1090. The van der Waals surface area contributed by atoms with Crippen molar-refractivity contribution in [1.82, 2.24) is 5.32 Å². The van der Waals surface area contributed by atoms with E-state index in [2.05, 4.69) is 21.2 Å². The van der Waals surface area contributed by atoms with Gasteiger partial charge in [-0.3, -0.25) is 4.79 Å². The lowest BCUT2D eigenvalue weighted by atomic mass is 10.1. The Hall–Kier alpha value is -2.58. The zero-order chi connectivity index (χ0) is 21.0. The number of methoxy groups -OCH3 is 1. The van der Waals surface area contributed by atoms with Crippen LogP contribution >= 0.6 is 15.9 Å². The molecule has 1 heterocycles. The third-order valence-electron chi connectivity index (χ3n) is 4.35. The molecule has 0 aliphatic rings. The van der Waals surface area contributed by atoms with Crippen molar-refractivity contribution in [3.05, 3.63) is 82.2 Å². The van der Waals surface area contributed by atoms with Gasteiger partial charge in [0.05, 0.1) is 18.0 Å². The molecule has 0 radical (unpaired) electrons. The van der Waals surface area contributed by atoms with Crippen LogP contribution in [-0.4, -0.2) is 21.4 Å². The highest BCUT2D eigenvalue weighted by Crippen LogP contribution is 2.21. The number of carbonyl (C=O) groups is 1. The van der Waals surface area contributed by atoms with E-state index >= 15 is 0 Å². The monoisotopic (exact) mass is 477 g/mol. The SMILES string of the molecule is COc1ccc([C@H](C)NC(=O)c2ccc(CS(=O)(=O)c3ccc(Br)cc3)o2)cc1. The van der Waals surface area contributed by atoms with Gasteiger partial charge in [-0.25, -0.2) is 8.42 Å². The van der Waals surface area contributed by atoms with E-state index in [9.17, 15) is 13.2 Å². The van der Waals surface area contributed by atoms with Crippen molar-refractivity contribution in [2.24, 2.45) is 0 Å². The molecule has 0 fully saturated rings. The Morgan fingerprint density at radius 2 is 1.72 bits per heavy atom. The first-order valence-corrected chi connectivity index (χ1v) is 11.2. The molecule has 0 aliphatic heterocycles. The van der Waals surface area contributed by atoms with Crippen LogP contribution in [0.15, 0.2) is 74.4 Å². The van der Waals surface area contributed by atoms with Crippen LogP contribution < -0.4 is 10.1 Å². The maximum absolute atomic E-state index is 12.5. The zero-order valence-electron chi connectivity index (χ0n) is 15.9. The van der Waals surface area contributed by atoms with Crippen molar-refractivity contribution >= 4 is 31.7 Å². The summed E-state index contributed by atoms with van der Waals surface area (Å²) in [6.45, 7) is 1.85. The molecule has 0 unspecified atom stereocenters. The summed E-state index contributed by atoms with van der Waals surface area (Å²) in [4.78, 5) is 12.6. The number of furan rings is 1. The van der Waals surface area contributed by atoms with Crippen molar-refractivity contribution in [3.8, 4) is 5.75 Å². The third-order valence-corrected chi connectivity index (χ3v) is 6.54. The second kappa shape index (κ2) is 8.84. The Morgan fingerprint density at radius 3 is 2.34 bits per heavy atom. The molecule has 0 spiro atoms. The van der Waals surface area contributed by atoms with Crippen LogP contribution in [0, 0.1) is 0 Å². The van der Waals surface area contributed by atoms with E-state index in [4.69, 9.17) is 9.15 Å². The van der Waals surface area contributed by atoms with Gasteiger partial charge in [0.2, 0.25) is 0 Å². The van der Waals surface area contributed by atoms with Gasteiger partial charge in [-0.1, -0.05) is 28.1 Å². The molecular weight excluding hydrogens is 458 g/mol. The number of sulfone groups is 1. The fourth-order valence-electron chi connectivity index (χ4n) is 2.73. The zero-order valence-corrected chi connectivity index (χ0v) is 18.3. The fourth-order valence-corrected chi connectivity index (χ4v) is 4.25. The quantitative estimate of drug-likeness (QED) is 0.540. The van der Waals surface area contributed by atoms with Gasteiger partial charge in [-0.2, -0.15) is 0 Å². The number of benzene rings is 2. The van der Waals surface area contributed by atoms with Crippen molar-refractivity contribution in [2.45, 2.75) is 23.6 Å². The first-order chi connectivity index (χ1) is 13.8. The Morgan fingerprint density at radius 1 is 1.07 bits per heavy atom. The molecule has 2 aromatic carbocycles. The Kier molecular flexibility index (Phi) is 6.44. The maximum atomic E-state index is 12.5. The standard InChI is InChI=1S/C21H20BrNO5S/c1-14(15-3-7-17(27-2)8-4-15)23-21(24)20-12-9-18(28-20)13-29(25,26)19-10-5-16(22)6-11-19/h3-12,14H,13H2,1-2H3,(H,23,24)/t14-/m0/s1. The van der Waals surface area contributed by atoms with Gasteiger partial charge in [0.15, 0.2) is 15.6 Å². The number of ether oxygens (including phenoxy) is 1. The van der Waals surface area contributed by atoms with Crippen LogP contribution in [0.2, 0.25) is 0 Å². The molecule has 0 bridgehead atoms. The van der Waals surface area contributed by atoms with Crippen LogP contribution in [0.1, 0.15) is 34.8 Å². The van der Waals surface area contributed by atoms with Gasteiger partial charge in [-0.05, 0) is 61.0 Å². The average Bonchev–Trinajstić information content (AvgIpc) is 3.16. The van der Waals surface area contributed by atoms with Crippen LogP contribution in [-0.2, 0) is 15.6 Å². The average molecular weight is 478 g/mol. The first-order valence-electron chi connectivity index (χ1n) is 8.80. The van der Waals surface area contributed by atoms with Crippen LogP contribution in [0.25, 0.3) is 0 Å². The number of halogens is 1. The summed E-state index contributed by atoms with van der Waals surface area (Å²) >= 11 is 3.28. The van der Waals surface area contributed by atoms with Crippen LogP contribution in [0.3, 0.4) is 0 Å². The Balaban J connectivity index is 1.67. The largest absolute Gasteiger partial charge is 0.497 e. The van der Waals surface area contributed by atoms with Crippen LogP contribution in [0.5, 0.6) is 5.75 Å². The molecule has 3 rings (SSSR count). The Labute approximate surface area is 177 Å². The van der Waals surface area contributed by atoms with Gasteiger partial charge < -0.3 is 14.5 Å². The fraction of sp³-hybridized carbons (Fsp3) is 0.190. The second-order valence-electron chi connectivity index (χ2n) is 6.45. The van der Waals surface area contributed by atoms with Crippen molar-refractivity contribution < 1.29 is 22.4 Å². The molecule has 1 atom stereocenters. The maximum Gasteiger partial charge on any atom is 0.287 e. The van der Waals surface area contributed by atoms with Crippen molar-refractivity contribution in [1.29, 1.82) is 0 Å². The lowest BCUT2D eigenvalue weighted by Crippen LogP contribution is -2.26. The number of hydrogen-bond acceptors (Lipinski definition) is 5. The van der Waals surface area contributed by atoms with Crippen LogP contribution in [0.4, 0.5) is 0 Å². The summed E-state index contributed by atoms with van der Waals surface area (Å²) in [5, 5.41) is 2.84. The highest BCUT2D eigenvalue weighted by atomic mass is 79.9. The summed E-state index contributed by atoms with van der Waals surface area (Å²) in [7, 11) is -1.98. The molecular formula is C21H20BrNO5S. The second-order valence-corrected chi connectivity index (χ2v) is 9.35. The van der Waals surface area contributed by atoms with E-state index < -0.39 is 15.7 Å². The van der Waals surface area contributed by atoms with Gasteiger partial charge in [-0.15, -0.1) is 0 Å². The van der Waals surface area contributed by atoms with Crippen molar-refractivity contribution in [3.63, 3.8) is 0 Å². The number of amides is 1. The lowest BCUT2D eigenvalue weighted by Gasteiger charge is -2.13. The summed E-state index contributed by atoms with van der Waals surface area (Å²) in [6.07, 6.45) is 0. The highest BCUT2D eigenvalue weighted by Gasteiger charge is 2.20. The smallest absolute Gasteiger partial charge is 0.287 e. The van der Waals surface area contributed by atoms with Gasteiger partial charge >= 0.3 is 0 Å². The minimum atomic E-state index is -3.57. The first kappa shape index (κ1) is 21.1. The molecule has 1 amide bonds. The van der Waals surface area contributed by atoms with E-state index in [-0.39, 0.29) is 28.2 Å². The molecule has 0 saturated carbocycles. The van der Waals surface area contributed by atoms with E-state index in [1.165, 1.54) is 24.3 Å². The summed E-state index contributed by atoms with van der Waals surface area (Å²) in [6, 6.07) is 16.4.